The van der Waals surface area contributed by atoms with Crippen LogP contribution < -0.4 is 4.90 Å². The highest BCUT2D eigenvalue weighted by Gasteiger charge is 2.25. The van der Waals surface area contributed by atoms with Crippen LogP contribution in [-0.4, -0.2) is 5.91 Å². The van der Waals surface area contributed by atoms with Crippen molar-refractivity contribution in [3.05, 3.63) is 90.0 Å². The van der Waals surface area contributed by atoms with Crippen LogP contribution in [0.2, 0.25) is 0 Å². The first-order valence-electron chi connectivity index (χ1n) is 7.84. The van der Waals surface area contributed by atoms with Gasteiger partial charge in [-0.1, -0.05) is 72.8 Å². The third-order valence-corrected chi connectivity index (χ3v) is 4.33. The standard InChI is InChI=1S/C21H17NO/c23-21-14-17-10-4-5-11-18(17)19-12-6-7-13-20(19)22(21)15-16-8-2-1-3-9-16/h1-13H,14-15H2. The van der Waals surface area contributed by atoms with Gasteiger partial charge in [0.15, 0.2) is 0 Å². The Kier molecular flexibility index (Phi) is 3.43. The molecule has 2 heteroatoms. The van der Waals surface area contributed by atoms with Crippen LogP contribution in [0.15, 0.2) is 78.9 Å². The molecule has 2 nitrogen and oxygen atoms in total. The van der Waals surface area contributed by atoms with E-state index in [1.54, 1.807) is 0 Å². The number of hydrogen-bond donors (Lipinski definition) is 0. The van der Waals surface area contributed by atoms with E-state index in [-0.39, 0.29) is 5.91 Å². The average Bonchev–Trinajstić information content (AvgIpc) is 2.72. The lowest BCUT2D eigenvalue weighted by Gasteiger charge is -2.23. The molecule has 0 saturated carbocycles. The summed E-state index contributed by atoms with van der Waals surface area (Å²) in [6.07, 6.45) is 0.442. The lowest BCUT2D eigenvalue weighted by Crippen LogP contribution is -2.31. The molecule has 3 aromatic carbocycles. The number of carbonyl (C=O) groups is 1. The zero-order valence-electron chi connectivity index (χ0n) is 12.8. The number of para-hydroxylation sites is 1. The Morgan fingerprint density at radius 1 is 0.739 bits per heavy atom. The minimum atomic E-state index is 0.145. The molecule has 3 aromatic rings. The van der Waals surface area contributed by atoms with Crippen molar-refractivity contribution >= 4 is 11.6 Å². The summed E-state index contributed by atoms with van der Waals surface area (Å²) in [5.74, 6) is 0.145. The van der Waals surface area contributed by atoms with Gasteiger partial charge in [0, 0.05) is 5.56 Å². The van der Waals surface area contributed by atoms with Crippen molar-refractivity contribution < 1.29 is 4.79 Å². The fourth-order valence-corrected chi connectivity index (χ4v) is 3.21. The van der Waals surface area contributed by atoms with E-state index in [4.69, 9.17) is 0 Å². The molecule has 1 amide bonds. The van der Waals surface area contributed by atoms with Gasteiger partial charge in [-0.3, -0.25) is 4.79 Å². The molecule has 0 spiro atoms. The number of benzene rings is 3. The minimum Gasteiger partial charge on any atom is -0.307 e. The predicted molar refractivity (Wildman–Crippen MR) is 93.2 cm³/mol. The van der Waals surface area contributed by atoms with Gasteiger partial charge < -0.3 is 4.90 Å². The van der Waals surface area contributed by atoms with Crippen LogP contribution >= 0.6 is 0 Å². The second-order valence-corrected chi connectivity index (χ2v) is 5.82. The Bertz CT molecular complexity index is 854. The molecule has 0 saturated heterocycles. The number of fused-ring (bicyclic) bond motifs is 3. The van der Waals surface area contributed by atoms with Gasteiger partial charge in [-0.15, -0.1) is 0 Å². The third-order valence-electron chi connectivity index (χ3n) is 4.33. The maximum atomic E-state index is 12.9. The topological polar surface area (TPSA) is 20.3 Å². The summed E-state index contributed by atoms with van der Waals surface area (Å²) in [5.41, 5.74) is 5.52. The molecule has 1 aliphatic heterocycles. The summed E-state index contributed by atoms with van der Waals surface area (Å²) >= 11 is 0. The van der Waals surface area contributed by atoms with Gasteiger partial charge in [-0.05, 0) is 22.8 Å². The highest BCUT2D eigenvalue weighted by Crippen LogP contribution is 2.37. The molecular formula is C21H17NO. The summed E-state index contributed by atoms with van der Waals surface area (Å²) in [6, 6.07) is 26.5. The average molecular weight is 299 g/mol. The second kappa shape index (κ2) is 5.73. The summed E-state index contributed by atoms with van der Waals surface area (Å²) in [6.45, 7) is 0.602. The zero-order chi connectivity index (χ0) is 15.6. The molecule has 0 fully saturated rings. The highest BCUT2D eigenvalue weighted by atomic mass is 16.2. The summed E-state index contributed by atoms with van der Waals surface area (Å²) in [7, 11) is 0. The molecule has 0 aromatic heterocycles. The van der Waals surface area contributed by atoms with E-state index in [2.05, 4.69) is 30.3 Å². The molecule has 0 radical (unpaired) electrons. The van der Waals surface area contributed by atoms with E-state index < -0.39 is 0 Å². The molecule has 23 heavy (non-hydrogen) atoms. The van der Waals surface area contributed by atoms with Crippen molar-refractivity contribution in [1.29, 1.82) is 0 Å². The van der Waals surface area contributed by atoms with Crippen molar-refractivity contribution in [1.82, 2.24) is 0 Å². The first kappa shape index (κ1) is 13.8. The number of carbonyl (C=O) groups excluding carboxylic acids is 1. The van der Waals surface area contributed by atoms with Crippen molar-refractivity contribution in [2.75, 3.05) is 4.90 Å². The van der Waals surface area contributed by atoms with Crippen LogP contribution in [0, 0.1) is 0 Å². The van der Waals surface area contributed by atoms with Crippen molar-refractivity contribution in [3.63, 3.8) is 0 Å². The van der Waals surface area contributed by atoms with Crippen molar-refractivity contribution in [2.45, 2.75) is 13.0 Å². The summed E-state index contributed by atoms with van der Waals surface area (Å²) < 4.78 is 0. The van der Waals surface area contributed by atoms with Crippen LogP contribution in [-0.2, 0) is 17.8 Å². The van der Waals surface area contributed by atoms with Crippen LogP contribution in [0.3, 0.4) is 0 Å². The van der Waals surface area contributed by atoms with E-state index in [0.717, 1.165) is 27.9 Å². The number of amides is 1. The molecule has 0 N–H and O–H groups in total. The third kappa shape index (κ3) is 2.53. The molecule has 0 atom stereocenters. The molecule has 0 aliphatic carbocycles. The number of rotatable bonds is 2. The van der Waals surface area contributed by atoms with Crippen molar-refractivity contribution in [3.8, 4) is 11.1 Å². The van der Waals surface area contributed by atoms with E-state index in [9.17, 15) is 4.79 Å². The van der Waals surface area contributed by atoms with Crippen LogP contribution in [0.1, 0.15) is 11.1 Å². The molecule has 112 valence electrons. The lowest BCUT2D eigenvalue weighted by molar-refractivity contribution is -0.118. The first-order valence-corrected chi connectivity index (χ1v) is 7.84. The van der Waals surface area contributed by atoms with Gasteiger partial charge in [-0.2, -0.15) is 0 Å². The van der Waals surface area contributed by atoms with Crippen LogP contribution in [0.4, 0.5) is 5.69 Å². The molecule has 1 aliphatic rings. The quantitative estimate of drug-likeness (QED) is 0.685. The predicted octanol–water partition coefficient (Wildman–Crippen LogP) is 4.44. The van der Waals surface area contributed by atoms with Gasteiger partial charge in [0.25, 0.3) is 0 Å². The molecular weight excluding hydrogens is 282 g/mol. The number of anilines is 1. The highest BCUT2D eigenvalue weighted by molar-refractivity contribution is 6.02. The second-order valence-electron chi connectivity index (χ2n) is 5.82. The van der Waals surface area contributed by atoms with E-state index in [1.807, 2.05) is 53.4 Å². The van der Waals surface area contributed by atoms with Gasteiger partial charge in [-0.25, -0.2) is 0 Å². The fraction of sp³-hybridized carbons (Fsp3) is 0.0952. The van der Waals surface area contributed by atoms with Gasteiger partial charge in [0.1, 0.15) is 0 Å². The Labute approximate surface area is 136 Å². The monoisotopic (exact) mass is 299 g/mol. The fourth-order valence-electron chi connectivity index (χ4n) is 3.21. The maximum Gasteiger partial charge on any atom is 0.231 e. The van der Waals surface area contributed by atoms with Crippen molar-refractivity contribution in [2.24, 2.45) is 0 Å². The largest absolute Gasteiger partial charge is 0.307 e. The van der Waals surface area contributed by atoms with E-state index in [1.165, 1.54) is 0 Å². The van der Waals surface area contributed by atoms with Gasteiger partial charge >= 0.3 is 0 Å². The van der Waals surface area contributed by atoms with Gasteiger partial charge in [0.2, 0.25) is 5.91 Å². The molecule has 1 heterocycles. The smallest absolute Gasteiger partial charge is 0.231 e. The Hall–Kier alpha value is -2.87. The molecule has 0 bridgehead atoms. The minimum absolute atomic E-state index is 0.145. The number of nitrogens with zero attached hydrogens (tertiary/aromatic N) is 1. The first-order chi connectivity index (χ1) is 11.3. The van der Waals surface area contributed by atoms with Crippen LogP contribution in [0.25, 0.3) is 11.1 Å². The Morgan fingerprint density at radius 2 is 1.39 bits per heavy atom. The van der Waals surface area contributed by atoms with Crippen LogP contribution in [0.5, 0.6) is 0 Å². The number of hydrogen-bond acceptors (Lipinski definition) is 1. The maximum absolute atomic E-state index is 12.9. The lowest BCUT2D eigenvalue weighted by atomic mass is 9.98. The normalized spacial score (nSPS) is 13.2. The Morgan fingerprint density at radius 3 is 2.22 bits per heavy atom. The molecule has 0 unspecified atom stereocenters. The zero-order valence-corrected chi connectivity index (χ0v) is 12.8. The SMILES string of the molecule is O=C1Cc2ccccc2-c2ccccc2N1Cc1ccccc1. The van der Waals surface area contributed by atoms with E-state index in [0.29, 0.717) is 13.0 Å². The Balaban J connectivity index is 1.84. The molecule has 4 rings (SSSR count). The summed E-state index contributed by atoms with van der Waals surface area (Å²) in [5, 5.41) is 0. The van der Waals surface area contributed by atoms with E-state index >= 15 is 0 Å². The summed E-state index contributed by atoms with van der Waals surface area (Å²) in [4.78, 5) is 14.8. The van der Waals surface area contributed by atoms with Gasteiger partial charge in [0.05, 0.1) is 18.7 Å².